The topological polar surface area (TPSA) is 67.4 Å². The van der Waals surface area contributed by atoms with Crippen LogP contribution < -0.4 is 15.4 Å². The van der Waals surface area contributed by atoms with Crippen LogP contribution in [-0.4, -0.2) is 25.5 Å². The molecule has 0 spiro atoms. The fraction of sp³-hybridized carbons (Fsp3) is 0.391. The molecule has 0 radical (unpaired) electrons. The second-order valence-electron chi connectivity index (χ2n) is 7.38. The van der Waals surface area contributed by atoms with E-state index in [2.05, 4.69) is 36.6 Å². The molecular weight excluding hydrogens is 352 g/mol. The summed E-state index contributed by atoms with van der Waals surface area (Å²) < 4.78 is 5.09. The molecule has 2 rings (SSSR count). The molecule has 0 saturated heterocycles. The Kier molecular flexibility index (Phi) is 8.05. The molecule has 5 nitrogen and oxygen atoms in total. The van der Waals surface area contributed by atoms with Gasteiger partial charge in [0.2, 0.25) is 11.8 Å². The highest BCUT2D eigenvalue weighted by Crippen LogP contribution is 2.18. The summed E-state index contributed by atoms with van der Waals surface area (Å²) in [5.74, 6) is 0.870. The molecule has 0 aliphatic heterocycles. The number of nitrogens with one attached hydrogen (secondary N) is 2. The van der Waals surface area contributed by atoms with Crippen molar-refractivity contribution in [3.05, 3.63) is 59.7 Å². The van der Waals surface area contributed by atoms with Gasteiger partial charge in [-0.3, -0.25) is 9.59 Å². The van der Waals surface area contributed by atoms with Crippen molar-refractivity contribution in [2.24, 2.45) is 5.92 Å². The SMILES string of the molecule is COc1ccc(NC(=O)CCNC(=O)C(C)c2ccc(CC(C)C)cc2)cc1. The lowest BCUT2D eigenvalue weighted by molar-refractivity contribution is -0.122. The van der Waals surface area contributed by atoms with Gasteiger partial charge in [0, 0.05) is 18.7 Å². The van der Waals surface area contributed by atoms with Crippen molar-refractivity contribution in [2.45, 2.75) is 39.5 Å². The maximum absolute atomic E-state index is 12.4. The first-order valence-corrected chi connectivity index (χ1v) is 9.69. The Hall–Kier alpha value is -2.82. The van der Waals surface area contributed by atoms with E-state index in [1.54, 1.807) is 31.4 Å². The van der Waals surface area contributed by atoms with Gasteiger partial charge < -0.3 is 15.4 Å². The molecule has 150 valence electrons. The zero-order valence-corrected chi connectivity index (χ0v) is 17.1. The van der Waals surface area contributed by atoms with Crippen LogP contribution in [0.1, 0.15) is 44.2 Å². The van der Waals surface area contributed by atoms with Crippen molar-refractivity contribution >= 4 is 17.5 Å². The van der Waals surface area contributed by atoms with Crippen molar-refractivity contribution in [1.82, 2.24) is 5.32 Å². The number of hydrogen-bond acceptors (Lipinski definition) is 3. The summed E-state index contributed by atoms with van der Waals surface area (Å²) >= 11 is 0. The molecule has 0 heterocycles. The third-order valence-electron chi connectivity index (χ3n) is 4.54. The molecule has 5 heteroatoms. The van der Waals surface area contributed by atoms with Gasteiger partial charge in [0.05, 0.1) is 13.0 Å². The molecule has 1 unspecified atom stereocenters. The summed E-state index contributed by atoms with van der Waals surface area (Å²) in [6, 6.07) is 15.3. The Balaban J connectivity index is 1.76. The maximum Gasteiger partial charge on any atom is 0.227 e. The smallest absolute Gasteiger partial charge is 0.227 e. The Labute approximate surface area is 167 Å². The second-order valence-corrected chi connectivity index (χ2v) is 7.38. The van der Waals surface area contributed by atoms with E-state index in [1.165, 1.54) is 5.56 Å². The zero-order valence-electron chi connectivity index (χ0n) is 17.1. The molecule has 0 fully saturated rings. The van der Waals surface area contributed by atoms with Crippen molar-refractivity contribution < 1.29 is 14.3 Å². The summed E-state index contributed by atoms with van der Waals surface area (Å²) in [7, 11) is 1.59. The summed E-state index contributed by atoms with van der Waals surface area (Å²) in [5, 5.41) is 5.65. The van der Waals surface area contributed by atoms with Gasteiger partial charge in [-0.25, -0.2) is 0 Å². The number of carbonyl (C=O) groups excluding carboxylic acids is 2. The van der Waals surface area contributed by atoms with Crippen molar-refractivity contribution in [3.63, 3.8) is 0 Å². The van der Waals surface area contributed by atoms with E-state index in [9.17, 15) is 9.59 Å². The number of rotatable bonds is 9. The number of amides is 2. The van der Waals surface area contributed by atoms with Crippen LogP contribution in [0, 0.1) is 5.92 Å². The monoisotopic (exact) mass is 382 g/mol. The number of benzene rings is 2. The van der Waals surface area contributed by atoms with Crippen LogP contribution in [0.3, 0.4) is 0 Å². The Morgan fingerprint density at radius 1 is 0.964 bits per heavy atom. The van der Waals surface area contributed by atoms with Gasteiger partial charge in [-0.15, -0.1) is 0 Å². The first kappa shape index (κ1) is 21.5. The van der Waals surface area contributed by atoms with E-state index >= 15 is 0 Å². The molecule has 0 aliphatic carbocycles. The minimum atomic E-state index is -0.252. The minimum absolute atomic E-state index is 0.0751. The lowest BCUT2D eigenvalue weighted by Gasteiger charge is -2.14. The van der Waals surface area contributed by atoms with E-state index in [4.69, 9.17) is 4.74 Å². The quantitative estimate of drug-likeness (QED) is 0.685. The minimum Gasteiger partial charge on any atom is -0.497 e. The molecule has 28 heavy (non-hydrogen) atoms. The predicted molar refractivity (Wildman–Crippen MR) is 113 cm³/mol. The van der Waals surface area contributed by atoms with E-state index in [1.807, 2.05) is 19.1 Å². The maximum atomic E-state index is 12.4. The van der Waals surface area contributed by atoms with Crippen LogP contribution in [0.2, 0.25) is 0 Å². The van der Waals surface area contributed by atoms with Crippen LogP contribution in [0.4, 0.5) is 5.69 Å². The number of anilines is 1. The van der Waals surface area contributed by atoms with Crippen molar-refractivity contribution in [1.29, 1.82) is 0 Å². The van der Waals surface area contributed by atoms with E-state index < -0.39 is 0 Å². The average molecular weight is 383 g/mol. The van der Waals surface area contributed by atoms with Crippen LogP contribution >= 0.6 is 0 Å². The van der Waals surface area contributed by atoms with Gasteiger partial charge in [0.1, 0.15) is 5.75 Å². The highest BCUT2D eigenvalue weighted by Gasteiger charge is 2.15. The summed E-state index contributed by atoms with van der Waals surface area (Å²) in [5.41, 5.74) is 2.96. The normalized spacial score (nSPS) is 11.8. The number of hydrogen-bond donors (Lipinski definition) is 2. The number of methoxy groups -OCH3 is 1. The molecule has 2 aromatic rings. The molecule has 0 aromatic heterocycles. The zero-order chi connectivity index (χ0) is 20.5. The van der Waals surface area contributed by atoms with Crippen LogP contribution in [-0.2, 0) is 16.0 Å². The Morgan fingerprint density at radius 2 is 1.61 bits per heavy atom. The van der Waals surface area contributed by atoms with Crippen LogP contribution in [0.15, 0.2) is 48.5 Å². The number of ether oxygens (including phenoxy) is 1. The molecule has 0 saturated carbocycles. The van der Waals surface area contributed by atoms with Gasteiger partial charge in [0.25, 0.3) is 0 Å². The molecular formula is C23H30N2O3. The lowest BCUT2D eigenvalue weighted by atomic mass is 9.96. The van der Waals surface area contributed by atoms with Crippen LogP contribution in [0.5, 0.6) is 5.75 Å². The predicted octanol–water partition coefficient (Wildman–Crippen LogP) is 4.14. The fourth-order valence-electron chi connectivity index (χ4n) is 2.92. The standard InChI is InChI=1S/C23H30N2O3/c1-16(2)15-18-5-7-19(8-6-18)17(3)23(27)24-14-13-22(26)25-20-9-11-21(28-4)12-10-20/h5-12,16-17H,13-15H2,1-4H3,(H,24,27)(H,25,26). The van der Waals surface area contributed by atoms with E-state index in [0.717, 1.165) is 17.7 Å². The summed E-state index contributed by atoms with van der Waals surface area (Å²) in [4.78, 5) is 24.4. The molecule has 2 amide bonds. The largest absolute Gasteiger partial charge is 0.497 e. The molecule has 2 N–H and O–H groups in total. The van der Waals surface area contributed by atoms with Gasteiger partial charge in [-0.2, -0.15) is 0 Å². The van der Waals surface area contributed by atoms with E-state index in [0.29, 0.717) is 18.2 Å². The van der Waals surface area contributed by atoms with Gasteiger partial charge in [0.15, 0.2) is 0 Å². The first-order valence-electron chi connectivity index (χ1n) is 9.69. The highest BCUT2D eigenvalue weighted by molar-refractivity contribution is 5.91. The van der Waals surface area contributed by atoms with Gasteiger partial charge in [-0.05, 0) is 54.7 Å². The summed E-state index contributed by atoms with van der Waals surface area (Å²) in [6.45, 7) is 6.56. The van der Waals surface area contributed by atoms with Gasteiger partial charge in [-0.1, -0.05) is 38.1 Å². The third-order valence-corrected chi connectivity index (χ3v) is 4.54. The van der Waals surface area contributed by atoms with Gasteiger partial charge >= 0.3 is 0 Å². The average Bonchev–Trinajstić information content (AvgIpc) is 2.68. The Morgan fingerprint density at radius 3 is 2.18 bits per heavy atom. The van der Waals surface area contributed by atoms with Crippen molar-refractivity contribution in [2.75, 3.05) is 19.0 Å². The fourth-order valence-corrected chi connectivity index (χ4v) is 2.92. The molecule has 0 bridgehead atoms. The van der Waals surface area contributed by atoms with Crippen molar-refractivity contribution in [3.8, 4) is 5.75 Å². The van der Waals surface area contributed by atoms with Crippen LogP contribution in [0.25, 0.3) is 0 Å². The number of carbonyl (C=O) groups is 2. The van der Waals surface area contributed by atoms with E-state index in [-0.39, 0.29) is 24.2 Å². The first-order chi connectivity index (χ1) is 13.4. The molecule has 1 atom stereocenters. The Bertz CT molecular complexity index is 767. The molecule has 0 aliphatic rings. The third kappa shape index (κ3) is 6.72. The lowest BCUT2D eigenvalue weighted by Crippen LogP contribution is -2.31. The highest BCUT2D eigenvalue weighted by atomic mass is 16.5. The molecule has 2 aromatic carbocycles. The summed E-state index contributed by atoms with van der Waals surface area (Å²) in [6.07, 6.45) is 1.25. The second kappa shape index (κ2) is 10.5.